The quantitative estimate of drug-likeness (QED) is 0.0984. The summed E-state index contributed by atoms with van der Waals surface area (Å²) in [7, 11) is 0. The van der Waals surface area contributed by atoms with Crippen LogP contribution < -0.4 is 4.74 Å². The van der Waals surface area contributed by atoms with E-state index in [1.165, 1.54) is 50.5 Å². The first-order chi connectivity index (χ1) is 19.9. The summed E-state index contributed by atoms with van der Waals surface area (Å²) in [6.07, 6.45) is 10.5. The zero-order chi connectivity index (χ0) is 28.6. The SMILES string of the molecule is CCCCCCCCCc1ccc(OCCOCCOCCOCCOCCOCCOCCOCCO)cc1.[NaH]. The van der Waals surface area contributed by atoms with Gasteiger partial charge < -0.3 is 43.0 Å². The predicted molar refractivity (Wildman–Crippen MR) is 164 cm³/mol. The van der Waals surface area contributed by atoms with E-state index < -0.39 is 0 Å². The number of benzene rings is 1. The minimum absolute atomic E-state index is 0. The second kappa shape index (κ2) is 34.2. The molecule has 1 rings (SSSR count). The Hall–Kier alpha value is -0.300. The van der Waals surface area contributed by atoms with Crippen molar-refractivity contribution in [2.24, 2.45) is 0 Å². The Kier molecular flexibility index (Phi) is 33.9. The summed E-state index contributed by atoms with van der Waals surface area (Å²) in [5.41, 5.74) is 1.38. The van der Waals surface area contributed by atoms with Crippen molar-refractivity contribution in [2.75, 3.05) is 106 Å². The van der Waals surface area contributed by atoms with Crippen molar-refractivity contribution >= 4 is 29.6 Å². The van der Waals surface area contributed by atoms with Gasteiger partial charge in [0, 0.05) is 0 Å². The van der Waals surface area contributed by atoms with Gasteiger partial charge in [0.05, 0.1) is 99.1 Å². The zero-order valence-electron chi connectivity index (χ0n) is 25.0. The molecule has 0 spiro atoms. The van der Waals surface area contributed by atoms with Gasteiger partial charge in [0.2, 0.25) is 0 Å². The third kappa shape index (κ3) is 29.5. The summed E-state index contributed by atoms with van der Waals surface area (Å²) < 4.78 is 43.6. The van der Waals surface area contributed by atoms with E-state index in [2.05, 4.69) is 31.2 Å². The van der Waals surface area contributed by atoms with E-state index in [4.69, 9.17) is 43.0 Å². The third-order valence-corrected chi connectivity index (χ3v) is 5.96. The van der Waals surface area contributed by atoms with Gasteiger partial charge in [0.15, 0.2) is 0 Å². The van der Waals surface area contributed by atoms with Crippen LogP contribution in [0.2, 0.25) is 0 Å². The fourth-order valence-electron chi connectivity index (χ4n) is 3.74. The van der Waals surface area contributed by atoms with Crippen molar-refractivity contribution in [3.05, 3.63) is 29.8 Å². The van der Waals surface area contributed by atoms with Crippen LogP contribution >= 0.6 is 0 Å². The van der Waals surface area contributed by atoms with Gasteiger partial charge in [-0.1, -0.05) is 57.6 Å². The van der Waals surface area contributed by atoms with E-state index in [1.807, 2.05) is 0 Å². The molecule has 236 valence electrons. The van der Waals surface area contributed by atoms with Gasteiger partial charge in [-0.25, -0.2) is 0 Å². The number of unbranched alkanes of at least 4 members (excludes halogenated alkanes) is 6. The topological polar surface area (TPSA) is 94.1 Å². The molecule has 0 saturated carbocycles. The molecule has 0 bridgehead atoms. The predicted octanol–water partition coefficient (Wildman–Crippen LogP) is 3.82. The summed E-state index contributed by atoms with van der Waals surface area (Å²) in [4.78, 5) is 0. The molecule has 0 atom stereocenters. The number of hydrogen-bond donors (Lipinski definition) is 1. The molecule has 0 fully saturated rings. The Balaban J connectivity index is 0.0000160. The number of ether oxygens (including phenoxy) is 8. The molecule has 9 nitrogen and oxygen atoms in total. The molecule has 0 aliphatic carbocycles. The van der Waals surface area contributed by atoms with Gasteiger partial charge in [-0.05, 0) is 30.5 Å². The normalized spacial score (nSPS) is 11.1. The first-order valence-electron chi connectivity index (χ1n) is 15.2. The molecule has 1 aromatic rings. The Morgan fingerprint density at radius 2 is 0.829 bits per heavy atom. The van der Waals surface area contributed by atoms with Gasteiger partial charge in [0.25, 0.3) is 0 Å². The van der Waals surface area contributed by atoms with Crippen molar-refractivity contribution < 1.29 is 43.0 Å². The molecule has 1 aromatic carbocycles. The van der Waals surface area contributed by atoms with Crippen LogP contribution in [-0.2, 0) is 39.6 Å². The van der Waals surface area contributed by atoms with Crippen molar-refractivity contribution in [1.29, 1.82) is 0 Å². The number of aliphatic hydroxyl groups excluding tert-OH is 1. The standard InChI is InChI=1S/C31H56O9.Na.H/c1-2-3-4-5-6-7-8-9-30-10-12-31(13-11-30)40-29-28-39-27-26-38-25-24-37-23-22-36-21-20-35-19-18-34-17-16-33-15-14-32;;/h10-13,32H,2-9,14-29H2,1H3;;. The van der Waals surface area contributed by atoms with Gasteiger partial charge >= 0.3 is 29.6 Å². The average molecular weight is 597 g/mol. The van der Waals surface area contributed by atoms with Crippen LogP contribution in [0.5, 0.6) is 5.75 Å². The molecular formula is C31H57NaO9. The summed E-state index contributed by atoms with van der Waals surface area (Å²) in [5.74, 6) is 0.888. The molecule has 1 N–H and O–H groups in total. The van der Waals surface area contributed by atoms with Gasteiger partial charge in [0.1, 0.15) is 12.4 Å². The molecule has 41 heavy (non-hydrogen) atoms. The van der Waals surface area contributed by atoms with Crippen molar-refractivity contribution in [1.82, 2.24) is 0 Å². The molecule has 0 aromatic heterocycles. The molecule has 0 unspecified atom stereocenters. The summed E-state index contributed by atoms with van der Waals surface area (Å²) in [6.45, 7) is 9.90. The fraction of sp³-hybridized carbons (Fsp3) is 0.806. The maximum atomic E-state index is 8.58. The van der Waals surface area contributed by atoms with E-state index >= 15 is 0 Å². The van der Waals surface area contributed by atoms with Crippen LogP contribution in [-0.4, -0.2) is 140 Å². The monoisotopic (exact) mass is 596 g/mol. The first kappa shape index (κ1) is 40.7. The second-order valence-corrected chi connectivity index (χ2v) is 9.37. The Bertz CT molecular complexity index is 622. The van der Waals surface area contributed by atoms with Crippen LogP contribution in [0, 0.1) is 0 Å². The van der Waals surface area contributed by atoms with Gasteiger partial charge in [-0.15, -0.1) is 0 Å². The number of aryl methyl sites for hydroxylation is 1. The molecule has 10 heteroatoms. The Morgan fingerprint density at radius 1 is 0.463 bits per heavy atom. The minimum atomic E-state index is 0. The van der Waals surface area contributed by atoms with E-state index in [9.17, 15) is 0 Å². The first-order valence-corrected chi connectivity index (χ1v) is 15.2. The molecule has 0 saturated heterocycles. The van der Waals surface area contributed by atoms with Crippen LogP contribution in [0.15, 0.2) is 24.3 Å². The van der Waals surface area contributed by atoms with Crippen LogP contribution in [0.4, 0.5) is 0 Å². The summed E-state index contributed by atoms with van der Waals surface area (Å²) >= 11 is 0. The Labute approximate surface area is 271 Å². The molecule has 0 radical (unpaired) electrons. The van der Waals surface area contributed by atoms with E-state index in [-0.39, 0.29) is 36.2 Å². The maximum absolute atomic E-state index is 8.58. The van der Waals surface area contributed by atoms with Crippen molar-refractivity contribution in [2.45, 2.75) is 58.3 Å². The van der Waals surface area contributed by atoms with E-state index in [0.717, 1.165) is 12.2 Å². The van der Waals surface area contributed by atoms with Gasteiger partial charge in [-0.3, -0.25) is 0 Å². The molecule has 0 heterocycles. The Morgan fingerprint density at radius 3 is 1.24 bits per heavy atom. The van der Waals surface area contributed by atoms with E-state index in [1.54, 1.807) is 0 Å². The van der Waals surface area contributed by atoms with Crippen LogP contribution in [0.25, 0.3) is 0 Å². The number of aliphatic hydroxyl groups is 1. The molecule has 0 amide bonds. The van der Waals surface area contributed by atoms with Crippen LogP contribution in [0.3, 0.4) is 0 Å². The van der Waals surface area contributed by atoms with Crippen molar-refractivity contribution in [3.63, 3.8) is 0 Å². The fourth-order valence-corrected chi connectivity index (χ4v) is 3.74. The number of hydrogen-bond acceptors (Lipinski definition) is 9. The average Bonchev–Trinajstić information content (AvgIpc) is 2.98. The second-order valence-electron chi connectivity index (χ2n) is 9.37. The summed E-state index contributed by atoms with van der Waals surface area (Å²) in [5, 5.41) is 8.58. The molecule has 0 aliphatic heterocycles. The number of rotatable bonds is 32. The van der Waals surface area contributed by atoms with Gasteiger partial charge in [-0.2, -0.15) is 0 Å². The van der Waals surface area contributed by atoms with Crippen LogP contribution in [0.1, 0.15) is 57.4 Å². The molecule has 0 aliphatic rings. The third-order valence-electron chi connectivity index (χ3n) is 5.96. The summed E-state index contributed by atoms with van der Waals surface area (Å²) in [6, 6.07) is 8.45. The zero-order valence-corrected chi connectivity index (χ0v) is 25.0. The molecular weight excluding hydrogens is 539 g/mol. The van der Waals surface area contributed by atoms with E-state index in [0.29, 0.717) is 99.1 Å². The van der Waals surface area contributed by atoms with Crippen molar-refractivity contribution in [3.8, 4) is 5.75 Å².